The van der Waals surface area contributed by atoms with Crippen molar-refractivity contribution >= 4 is 0 Å². The van der Waals surface area contributed by atoms with Crippen LogP contribution < -0.4 is 10.1 Å². The molecule has 1 rings (SSSR count). The minimum Gasteiger partial charge on any atom is -0.491 e. The summed E-state index contributed by atoms with van der Waals surface area (Å²) in [5.74, 6) is 0.614. The van der Waals surface area contributed by atoms with Gasteiger partial charge < -0.3 is 20.3 Å². The molecule has 0 heterocycles. The summed E-state index contributed by atoms with van der Waals surface area (Å²) in [7, 11) is 0. The molecule has 0 aliphatic heterocycles. The highest BCUT2D eigenvalue weighted by Gasteiger charge is 2.17. The molecule has 2 unspecified atom stereocenters. The quantitative estimate of drug-likeness (QED) is 0.662. The lowest BCUT2D eigenvalue weighted by Gasteiger charge is -2.22. The maximum Gasteiger partial charge on any atom is 0.119 e. The van der Waals surface area contributed by atoms with Gasteiger partial charge in [0.2, 0.25) is 0 Å². The molecule has 0 fully saturated rings. The zero-order valence-corrected chi connectivity index (χ0v) is 12.0. The molecule has 20 heavy (non-hydrogen) atoms. The molecule has 0 amide bonds. The molecule has 1 aromatic rings. The normalized spacial score (nSPS) is 15.2. The predicted octanol–water partition coefficient (Wildman–Crippen LogP) is 1.05. The lowest BCUT2D eigenvalue weighted by Crippen LogP contribution is -2.41. The van der Waals surface area contributed by atoms with E-state index in [1.54, 1.807) is 31.2 Å². The van der Waals surface area contributed by atoms with E-state index in [1.165, 1.54) is 0 Å². The number of rotatable bonds is 8. The summed E-state index contributed by atoms with van der Waals surface area (Å²) in [6.07, 6.45) is -0.00372. The first-order valence-electron chi connectivity index (χ1n) is 6.71. The third kappa shape index (κ3) is 6.02. The molecule has 0 aliphatic carbocycles. The van der Waals surface area contributed by atoms with Crippen LogP contribution >= 0.6 is 0 Å². The van der Waals surface area contributed by atoms with Crippen molar-refractivity contribution in [3.05, 3.63) is 29.8 Å². The Kier molecular flexibility index (Phi) is 6.46. The molecule has 0 aromatic heterocycles. The number of aliphatic hydroxyl groups excluding tert-OH is 1. The number of nitrogens with one attached hydrogen (secondary N) is 1. The first-order chi connectivity index (χ1) is 9.46. The van der Waals surface area contributed by atoms with Gasteiger partial charge in [0.25, 0.3) is 0 Å². The number of ether oxygens (including phenoxy) is 1. The molecule has 3 N–H and O–H groups in total. The molecule has 1 aromatic carbocycles. The van der Waals surface area contributed by atoms with Crippen LogP contribution in [0.25, 0.3) is 0 Å². The smallest absolute Gasteiger partial charge is 0.119 e. The van der Waals surface area contributed by atoms with Crippen molar-refractivity contribution in [2.24, 2.45) is 0 Å². The van der Waals surface area contributed by atoms with Gasteiger partial charge in [-0.2, -0.15) is 5.26 Å². The van der Waals surface area contributed by atoms with Gasteiger partial charge in [0.15, 0.2) is 0 Å². The molecule has 5 nitrogen and oxygen atoms in total. The van der Waals surface area contributed by atoms with E-state index in [0.717, 1.165) is 0 Å². The van der Waals surface area contributed by atoms with E-state index in [-0.39, 0.29) is 6.61 Å². The molecule has 0 spiro atoms. The van der Waals surface area contributed by atoms with Crippen molar-refractivity contribution in [1.82, 2.24) is 5.32 Å². The van der Waals surface area contributed by atoms with Crippen LogP contribution in [0.4, 0.5) is 0 Å². The fourth-order valence-corrected chi connectivity index (χ4v) is 1.51. The second kappa shape index (κ2) is 7.85. The standard InChI is InChI=1S/C15H22N2O3/c1-3-15(2,19)11-17-9-13(18)10-20-14-6-4-12(8-16)5-7-14/h4-7,13,17-19H,3,9-11H2,1-2H3. The Labute approximate surface area is 119 Å². The lowest BCUT2D eigenvalue weighted by molar-refractivity contribution is 0.0476. The van der Waals surface area contributed by atoms with Crippen LogP contribution in [0, 0.1) is 11.3 Å². The van der Waals surface area contributed by atoms with Crippen LogP contribution in [-0.4, -0.2) is 41.6 Å². The van der Waals surface area contributed by atoms with Gasteiger partial charge in [0.05, 0.1) is 17.2 Å². The first kappa shape index (κ1) is 16.4. The number of benzene rings is 1. The Bertz CT molecular complexity index is 437. The molecule has 0 aliphatic rings. The van der Waals surface area contributed by atoms with Crippen LogP contribution in [0.3, 0.4) is 0 Å². The molecular weight excluding hydrogens is 256 g/mol. The van der Waals surface area contributed by atoms with E-state index in [9.17, 15) is 10.2 Å². The minimum atomic E-state index is -0.756. The van der Waals surface area contributed by atoms with Crippen LogP contribution in [0.5, 0.6) is 5.75 Å². The molecule has 2 atom stereocenters. The predicted molar refractivity (Wildman–Crippen MR) is 76.4 cm³/mol. The third-order valence-electron chi connectivity index (χ3n) is 3.07. The van der Waals surface area contributed by atoms with E-state index < -0.39 is 11.7 Å². The molecule has 0 saturated heterocycles. The maximum atomic E-state index is 9.79. The Morgan fingerprint density at radius 3 is 2.60 bits per heavy atom. The summed E-state index contributed by atoms with van der Waals surface area (Å²) in [4.78, 5) is 0. The Balaban J connectivity index is 2.25. The Hall–Kier alpha value is -1.61. The fourth-order valence-electron chi connectivity index (χ4n) is 1.51. The monoisotopic (exact) mass is 278 g/mol. The van der Waals surface area contributed by atoms with E-state index in [1.807, 2.05) is 13.0 Å². The van der Waals surface area contributed by atoms with Gasteiger partial charge in [-0.15, -0.1) is 0 Å². The number of nitrogens with zero attached hydrogens (tertiary/aromatic N) is 1. The van der Waals surface area contributed by atoms with Crippen LogP contribution in [0.2, 0.25) is 0 Å². The molecule has 0 saturated carbocycles. The maximum absolute atomic E-state index is 9.79. The Morgan fingerprint density at radius 1 is 1.40 bits per heavy atom. The SMILES string of the molecule is CCC(C)(O)CNCC(O)COc1ccc(C#N)cc1. The van der Waals surface area contributed by atoms with Crippen molar-refractivity contribution in [3.8, 4) is 11.8 Å². The number of aliphatic hydroxyl groups is 2. The summed E-state index contributed by atoms with van der Waals surface area (Å²) in [6, 6.07) is 8.75. The summed E-state index contributed by atoms with van der Waals surface area (Å²) in [6.45, 7) is 4.60. The third-order valence-corrected chi connectivity index (χ3v) is 3.07. The van der Waals surface area contributed by atoms with Gasteiger partial charge in [0.1, 0.15) is 18.5 Å². The van der Waals surface area contributed by atoms with E-state index in [2.05, 4.69) is 5.32 Å². The van der Waals surface area contributed by atoms with Crippen molar-refractivity contribution < 1.29 is 14.9 Å². The van der Waals surface area contributed by atoms with E-state index in [4.69, 9.17) is 10.00 Å². The lowest BCUT2D eigenvalue weighted by atomic mass is 10.0. The fraction of sp³-hybridized carbons (Fsp3) is 0.533. The number of hydrogen-bond donors (Lipinski definition) is 3. The highest BCUT2D eigenvalue weighted by Crippen LogP contribution is 2.11. The summed E-state index contributed by atoms with van der Waals surface area (Å²) < 4.78 is 5.41. The highest BCUT2D eigenvalue weighted by molar-refractivity contribution is 5.34. The van der Waals surface area contributed by atoms with Crippen molar-refractivity contribution in [3.63, 3.8) is 0 Å². The molecule has 0 radical (unpaired) electrons. The van der Waals surface area contributed by atoms with Crippen LogP contribution in [0.15, 0.2) is 24.3 Å². The largest absolute Gasteiger partial charge is 0.491 e. The summed E-state index contributed by atoms with van der Waals surface area (Å²) in [5, 5.41) is 31.2. The molecule has 110 valence electrons. The van der Waals surface area contributed by atoms with E-state index >= 15 is 0 Å². The number of nitriles is 1. The zero-order chi connectivity index (χ0) is 15.0. The van der Waals surface area contributed by atoms with Gasteiger partial charge in [-0.25, -0.2) is 0 Å². The highest BCUT2D eigenvalue weighted by atomic mass is 16.5. The first-order valence-corrected chi connectivity index (χ1v) is 6.71. The molecule has 5 heteroatoms. The van der Waals surface area contributed by atoms with Gasteiger partial charge in [0, 0.05) is 13.1 Å². The average Bonchev–Trinajstić information content (AvgIpc) is 2.45. The van der Waals surface area contributed by atoms with Crippen molar-refractivity contribution in [2.75, 3.05) is 19.7 Å². The summed E-state index contributed by atoms with van der Waals surface area (Å²) >= 11 is 0. The van der Waals surface area contributed by atoms with Gasteiger partial charge >= 0.3 is 0 Å². The Morgan fingerprint density at radius 2 is 2.05 bits per heavy atom. The van der Waals surface area contributed by atoms with E-state index in [0.29, 0.717) is 30.8 Å². The van der Waals surface area contributed by atoms with Crippen LogP contribution in [-0.2, 0) is 0 Å². The van der Waals surface area contributed by atoms with Crippen molar-refractivity contribution in [2.45, 2.75) is 32.0 Å². The van der Waals surface area contributed by atoms with Gasteiger partial charge in [-0.3, -0.25) is 0 Å². The zero-order valence-electron chi connectivity index (χ0n) is 12.0. The van der Waals surface area contributed by atoms with Crippen LogP contribution in [0.1, 0.15) is 25.8 Å². The average molecular weight is 278 g/mol. The van der Waals surface area contributed by atoms with Crippen molar-refractivity contribution in [1.29, 1.82) is 5.26 Å². The molecular formula is C15H22N2O3. The topological polar surface area (TPSA) is 85.5 Å². The van der Waals surface area contributed by atoms with Gasteiger partial charge in [-0.05, 0) is 37.6 Å². The second-order valence-corrected chi connectivity index (χ2v) is 5.08. The summed E-state index contributed by atoms with van der Waals surface area (Å²) in [5.41, 5.74) is -0.186. The second-order valence-electron chi connectivity index (χ2n) is 5.08. The number of hydrogen-bond acceptors (Lipinski definition) is 5. The minimum absolute atomic E-state index is 0.160. The van der Waals surface area contributed by atoms with Gasteiger partial charge in [-0.1, -0.05) is 6.92 Å². The molecule has 0 bridgehead atoms.